The number of hydrogen-bond acceptors (Lipinski definition) is 4. The van der Waals surface area contributed by atoms with E-state index in [4.69, 9.17) is 11.6 Å². The summed E-state index contributed by atoms with van der Waals surface area (Å²) in [5.41, 5.74) is 1.52. The van der Waals surface area contributed by atoms with Gasteiger partial charge in [0.25, 0.3) is 0 Å². The summed E-state index contributed by atoms with van der Waals surface area (Å²) in [6.45, 7) is 9.82. The second kappa shape index (κ2) is 8.37. The zero-order valence-corrected chi connectivity index (χ0v) is 14.9. The molecule has 0 fully saturated rings. The van der Waals surface area contributed by atoms with Gasteiger partial charge in [-0.3, -0.25) is 4.98 Å². The normalized spacial score (nSPS) is 12.7. The van der Waals surface area contributed by atoms with Crippen molar-refractivity contribution < 1.29 is 5.11 Å². The van der Waals surface area contributed by atoms with E-state index in [9.17, 15) is 5.11 Å². The van der Waals surface area contributed by atoms with Crippen LogP contribution in [0.25, 0.3) is 10.9 Å². The fraction of sp³-hybridized carbons (Fsp3) is 0.500. The molecule has 1 heterocycles. The Balaban J connectivity index is 2.04. The second-order valence-electron chi connectivity index (χ2n) is 5.89. The molecule has 1 aromatic carbocycles. The lowest BCUT2D eigenvalue weighted by molar-refractivity contribution is 0.295. The van der Waals surface area contributed by atoms with Gasteiger partial charge in [0, 0.05) is 16.5 Å². The molecule has 126 valence electrons. The molecule has 0 radical (unpaired) electrons. The van der Waals surface area contributed by atoms with Gasteiger partial charge in [-0.1, -0.05) is 25.4 Å². The van der Waals surface area contributed by atoms with Crippen LogP contribution in [0.5, 0.6) is 5.75 Å². The maximum atomic E-state index is 10.2. The Bertz CT molecular complexity index is 643. The van der Waals surface area contributed by atoms with Gasteiger partial charge in [0.2, 0.25) is 0 Å². The van der Waals surface area contributed by atoms with Crippen molar-refractivity contribution in [2.24, 2.45) is 0 Å². The summed E-state index contributed by atoms with van der Waals surface area (Å²) >= 11 is 6.01. The predicted molar refractivity (Wildman–Crippen MR) is 98.5 cm³/mol. The summed E-state index contributed by atoms with van der Waals surface area (Å²) < 4.78 is 0. The number of nitrogens with zero attached hydrogens (tertiary/aromatic N) is 2. The number of hydrogen-bond donors (Lipinski definition) is 2. The number of pyridine rings is 1. The molecule has 0 bridgehead atoms. The zero-order chi connectivity index (χ0) is 16.8. The van der Waals surface area contributed by atoms with E-state index in [1.807, 2.05) is 18.2 Å². The molecule has 2 rings (SSSR count). The third-order valence-electron chi connectivity index (χ3n) is 4.21. The lowest BCUT2D eigenvalue weighted by atomic mass is 10.1. The first-order valence-corrected chi connectivity index (χ1v) is 8.69. The standard InChI is InChI=1S/C18H26ClN3O/c1-4-22(5-2)10-6-7-13(3)21-18-15-9-8-14(19)11-16(15)20-12-17(18)23/h8-9,11-13,23H,4-7,10H2,1-3H3,(H,20,21). The Morgan fingerprint density at radius 3 is 2.74 bits per heavy atom. The highest BCUT2D eigenvalue weighted by molar-refractivity contribution is 6.31. The smallest absolute Gasteiger partial charge is 0.157 e. The number of fused-ring (bicyclic) bond motifs is 1. The third-order valence-corrected chi connectivity index (χ3v) is 4.44. The van der Waals surface area contributed by atoms with Crippen LogP contribution in [0.4, 0.5) is 5.69 Å². The van der Waals surface area contributed by atoms with E-state index in [-0.39, 0.29) is 11.8 Å². The van der Waals surface area contributed by atoms with Gasteiger partial charge < -0.3 is 15.3 Å². The van der Waals surface area contributed by atoms with E-state index in [0.717, 1.165) is 49.1 Å². The van der Waals surface area contributed by atoms with E-state index in [1.165, 1.54) is 6.20 Å². The maximum Gasteiger partial charge on any atom is 0.157 e. The number of nitrogens with one attached hydrogen (secondary N) is 1. The molecule has 4 nitrogen and oxygen atoms in total. The summed E-state index contributed by atoms with van der Waals surface area (Å²) in [4.78, 5) is 6.66. The highest BCUT2D eigenvalue weighted by Crippen LogP contribution is 2.32. The number of benzene rings is 1. The van der Waals surface area contributed by atoms with Gasteiger partial charge in [-0.05, 0) is 57.6 Å². The van der Waals surface area contributed by atoms with Gasteiger partial charge in [0.15, 0.2) is 5.75 Å². The van der Waals surface area contributed by atoms with E-state index >= 15 is 0 Å². The summed E-state index contributed by atoms with van der Waals surface area (Å²) in [5, 5.41) is 15.1. The molecule has 5 heteroatoms. The highest BCUT2D eigenvalue weighted by Gasteiger charge is 2.12. The van der Waals surface area contributed by atoms with Crippen LogP contribution in [-0.2, 0) is 0 Å². The SMILES string of the molecule is CCN(CC)CCCC(C)Nc1c(O)cnc2cc(Cl)ccc12. The lowest BCUT2D eigenvalue weighted by Crippen LogP contribution is -2.25. The molecule has 0 aliphatic rings. The Morgan fingerprint density at radius 1 is 1.30 bits per heavy atom. The van der Waals surface area contributed by atoms with Crippen LogP contribution < -0.4 is 5.32 Å². The molecule has 1 unspecified atom stereocenters. The molecule has 0 saturated heterocycles. The monoisotopic (exact) mass is 335 g/mol. The second-order valence-corrected chi connectivity index (χ2v) is 6.33. The summed E-state index contributed by atoms with van der Waals surface area (Å²) in [6.07, 6.45) is 3.66. The number of aromatic hydroxyl groups is 1. The van der Waals surface area contributed by atoms with Crippen molar-refractivity contribution in [2.75, 3.05) is 25.0 Å². The topological polar surface area (TPSA) is 48.4 Å². The molecule has 0 saturated carbocycles. The van der Waals surface area contributed by atoms with Gasteiger partial charge in [0.1, 0.15) is 0 Å². The summed E-state index contributed by atoms with van der Waals surface area (Å²) in [6, 6.07) is 5.81. The highest BCUT2D eigenvalue weighted by atomic mass is 35.5. The van der Waals surface area contributed by atoms with Gasteiger partial charge in [0.05, 0.1) is 17.4 Å². The fourth-order valence-electron chi connectivity index (χ4n) is 2.79. The first-order valence-electron chi connectivity index (χ1n) is 8.31. The van der Waals surface area contributed by atoms with Gasteiger partial charge in [-0.25, -0.2) is 0 Å². The van der Waals surface area contributed by atoms with Crippen molar-refractivity contribution >= 4 is 28.2 Å². The number of halogens is 1. The zero-order valence-electron chi connectivity index (χ0n) is 14.1. The molecule has 0 aliphatic heterocycles. The van der Waals surface area contributed by atoms with Gasteiger partial charge in [-0.15, -0.1) is 0 Å². The molecule has 2 aromatic rings. The van der Waals surface area contributed by atoms with E-state index in [1.54, 1.807) is 0 Å². The molecule has 0 amide bonds. The third kappa shape index (κ3) is 4.72. The minimum absolute atomic E-state index is 0.176. The predicted octanol–water partition coefficient (Wildman–Crippen LogP) is 4.52. The minimum Gasteiger partial charge on any atom is -0.504 e. The van der Waals surface area contributed by atoms with Crippen molar-refractivity contribution in [1.82, 2.24) is 9.88 Å². The van der Waals surface area contributed by atoms with Gasteiger partial charge >= 0.3 is 0 Å². The van der Waals surface area contributed by atoms with Crippen molar-refractivity contribution in [3.63, 3.8) is 0 Å². The first-order chi connectivity index (χ1) is 11.0. The fourth-order valence-corrected chi connectivity index (χ4v) is 2.95. The van der Waals surface area contributed by atoms with Crippen molar-refractivity contribution in [3.8, 4) is 5.75 Å². The summed E-state index contributed by atoms with van der Waals surface area (Å²) in [5.74, 6) is 0.176. The molecule has 0 aliphatic carbocycles. The quantitative estimate of drug-likeness (QED) is 0.744. The van der Waals surface area contributed by atoms with E-state index in [2.05, 4.69) is 36.0 Å². The summed E-state index contributed by atoms with van der Waals surface area (Å²) in [7, 11) is 0. The van der Waals surface area contributed by atoms with Crippen LogP contribution in [0.2, 0.25) is 5.02 Å². The van der Waals surface area contributed by atoms with Crippen LogP contribution in [0, 0.1) is 0 Å². The Kier molecular flexibility index (Phi) is 6.48. The minimum atomic E-state index is 0.176. The Morgan fingerprint density at radius 2 is 2.04 bits per heavy atom. The molecular formula is C18H26ClN3O. The average Bonchev–Trinajstić information content (AvgIpc) is 2.54. The molecule has 23 heavy (non-hydrogen) atoms. The van der Waals surface area contributed by atoms with Crippen LogP contribution in [0.3, 0.4) is 0 Å². The van der Waals surface area contributed by atoms with E-state index < -0.39 is 0 Å². The van der Waals surface area contributed by atoms with Crippen molar-refractivity contribution in [3.05, 3.63) is 29.4 Å². The van der Waals surface area contributed by atoms with Gasteiger partial charge in [-0.2, -0.15) is 0 Å². The van der Waals surface area contributed by atoms with E-state index in [0.29, 0.717) is 5.02 Å². The number of aromatic nitrogens is 1. The maximum absolute atomic E-state index is 10.2. The van der Waals surface area contributed by atoms with Crippen LogP contribution in [0.1, 0.15) is 33.6 Å². The number of rotatable bonds is 8. The molecular weight excluding hydrogens is 310 g/mol. The largest absolute Gasteiger partial charge is 0.504 e. The Labute approximate surface area is 143 Å². The van der Waals surface area contributed by atoms with Crippen LogP contribution in [-0.4, -0.2) is 40.7 Å². The molecule has 2 N–H and O–H groups in total. The number of anilines is 1. The lowest BCUT2D eigenvalue weighted by Gasteiger charge is -2.21. The van der Waals surface area contributed by atoms with Crippen LogP contribution >= 0.6 is 11.6 Å². The Hall–Kier alpha value is -1.52. The van der Waals surface area contributed by atoms with Crippen LogP contribution in [0.15, 0.2) is 24.4 Å². The molecule has 0 spiro atoms. The first kappa shape index (κ1) is 17.8. The molecule has 1 atom stereocenters. The molecule has 1 aromatic heterocycles. The van der Waals surface area contributed by atoms with Crippen molar-refractivity contribution in [2.45, 2.75) is 39.7 Å². The average molecular weight is 336 g/mol. The van der Waals surface area contributed by atoms with Crippen molar-refractivity contribution in [1.29, 1.82) is 0 Å².